The normalized spacial score (nSPS) is 11.0. The van der Waals surface area contributed by atoms with Crippen molar-refractivity contribution >= 4 is 28.6 Å². The molecule has 0 aliphatic rings. The lowest BCUT2D eigenvalue weighted by molar-refractivity contribution is 0.628. The fourth-order valence-electron chi connectivity index (χ4n) is 2.66. The smallest absolute Gasteiger partial charge is 0.221 e. The quantitative estimate of drug-likeness (QED) is 0.548. The summed E-state index contributed by atoms with van der Waals surface area (Å²) in [5.74, 6) is -0.779. The number of nitrogens with zero attached hydrogens (tertiary/aromatic N) is 3. The molecule has 0 atom stereocenters. The van der Waals surface area contributed by atoms with Crippen molar-refractivity contribution in [3.05, 3.63) is 71.3 Å². The second kappa shape index (κ2) is 6.31. The van der Waals surface area contributed by atoms with Gasteiger partial charge in [0.05, 0.1) is 16.2 Å². The third-order valence-electron chi connectivity index (χ3n) is 3.89. The molecule has 0 saturated heterocycles. The number of aromatic nitrogens is 3. The molecule has 0 fully saturated rings. The summed E-state index contributed by atoms with van der Waals surface area (Å²) in [4.78, 5) is 13.0. The van der Waals surface area contributed by atoms with Gasteiger partial charge in [-0.2, -0.15) is 0 Å². The van der Waals surface area contributed by atoms with Crippen LogP contribution in [-0.2, 0) is 0 Å². The van der Waals surface area contributed by atoms with Crippen LogP contribution in [0.25, 0.3) is 33.5 Å². The molecule has 0 aliphatic carbocycles. The van der Waals surface area contributed by atoms with E-state index in [-0.39, 0.29) is 16.8 Å². The highest BCUT2D eigenvalue weighted by molar-refractivity contribution is 6.31. The number of benzene rings is 2. The van der Waals surface area contributed by atoms with Crippen molar-refractivity contribution in [2.24, 2.45) is 0 Å². The van der Waals surface area contributed by atoms with Gasteiger partial charge in [0.2, 0.25) is 5.95 Å². The second-order valence-electron chi connectivity index (χ2n) is 5.63. The fraction of sp³-hybridized carbons (Fsp3) is 0. The highest BCUT2D eigenvalue weighted by atomic mass is 35.5. The highest BCUT2D eigenvalue weighted by Gasteiger charge is 2.13. The van der Waals surface area contributed by atoms with Crippen LogP contribution in [0.1, 0.15) is 0 Å². The van der Waals surface area contributed by atoms with Crippen molar-refractivity contribution in [1.29, 1.82) is 0 Å². The molecule has 0 bridgehead atoms. The topological polar surface area (TPSA) is 64.7 Å². The van der Waals surface area contributed by atoms with Gasteiger partial charge in [-0.05, 0) is 54.6 Å². The number of hydrogen-bond acceptors (Lipinski definition) is 4. The van der Waals surface area contributed by atoms with E-state index in [0.29, 0.717) is 28.0 Å². The zero-order valence-electron chi connectivity index (χ0n) is 13.2. The molecule has 0 saturated carbocycles. The molecular formula is C19H11ClF2N4. The largest absolute Gasteiger partial charge is 0.368 e. The summed E-state index contributed by atoms with van der Waals surface area (Å²) in [5, 5.41) is -0.0254. The lowest BCUT2D eigenvalue weighted by Crippen LogP contribution is -2.00. The zero-order chi connectivity index (χ0) is 18.3. The molecule has 4 aromatic rings. The Kier molecular flexibility index (Phi) is 3.97. The molecular weight excluding hydrogens is 358 g/mol. The van der Waals surface area contributed by atoms with E-state index < -0.39 is 5.82 Å². The molecule has 2 aromatic carbocycles. The Morgan fingerprint density at radius 2 is 1.54 bits per heavy atom. The Morgan fingerprint density at radius 1 is 0.808 bits per heavy atom. The van der Waals surface area contributed by atoms with E-state index in [0.717, 1.165) is 5.56 Å². The number of hydrogen-bond donors (Lipinski definition) is 1. The van der Waals surface area contributed by atoms with Gasteiger partial charge in [-0.15, -0.1) is 0 Å². The number of fused-ring (bicyclic) bond motifs is 1. The predicted octanol–water partition coefficient (Wildman–Crippen LogP) is 4.87. The van der Waals surface area contributed by atoms with Crippen molar-refractivity contribution in [2.75, 3.05) is 5.73 Å². The van der Waals surface area contributed by atoms with Crippen molar-refractivity contribution in [2.45, 2.75) is 0 Å². The van der Waals surface area contributed by atoms with Crippen LogP contribution in [0.15, 0.2) is 54.6 Å². The SMILES string of the molecule is Nc1nc(-c2ccc(F)c(Cl)c2)c2nc(-c3ccc(F)cc3)ccc2n1. The molecule has 2 heterocycles. The lowest BCUT2D eigenvalue weighted by atomic mass is 10.1. The summed E-state index contributed by atoms with van der Waals surface area (Å²) in [5.41, 5.74) is 9.21. The number of nitrogens with two attached hydrogens (primary N) is 1. The van der Waals surface area contributed by atoms with E-state index in [2.05, 4.69) is 15.0 Å². The molecule has 128 valence electrons. The molecule has 26 heavy (non-hydrogen) atoms. The van der Waals surface area contributed by atoms with Gasteiger partial charge in [-0.25, -0.2) is 23.7 Å². The van der Waals surface area contributed by atoms with Gasteiger partial charge in [-0.3, -0.25) is 0 Å². The Morgan fingerprint density at radius 3 is 2.27 bits per heavy atom. The van der Waals surface area contributed by atoms with Gasteiger partial charge in [0.15, 0.2) is 0 Å². The van der Waals surface area contributed by atoms with Crippen molar-refractivity contribution in [1.82, 2.24) is 15.0 Å². The first-order chi connectivity index (χ1) is 12.5. The maximum Gasteiger partial charge on any atom is 0.221 e. The second-order valence-corrected chi connectivity index (χ2v) is 6.04. The van der Waals surface area contributed by atoms with E-state index in [4.69, 9.17) is 17.3 Å². The van der Waals surface area contributed by atoms with Crippen molar-refractivity contribution in [3.63, 3.8) is 0 Å². The third kappa shape index (κ3) is 2.95. The number of pyridine rings is 1. The van der Waals surface area contributed by atoms with Crippen LogP contribution < -0.4 is 5.73 Å². The summed E-state index contributed by atoms with van der Waals surface area (Å²) in [7, 11) is 0. The standard InChI is InChI=1S/C19H11ClF2N4/c20-13-9-11(3-6-14(13)22)17-18-16(25-19(23)26-17)8-7-15(24-18)10-1-4-12(21)5-2-10/h1-9H,(H2,23,25,26). The first-order valence-corrected chi connectivity index (χ1v) is 8.05. The maximum absolute atomic E-state index is 13.5. The van der Waals surface area contributed by atoms with Gasteiger partial charge < -0.3 is 5.73 Å². The molecule has 0 aliphatic heterocycles. The van der Waals surface area contributed by atoms with Gasteiger partial charge in [-0.1, -0.05) is 11.6 Å². The van der Waals surface area contributed by atoms with Crippen LogP contribution in [-0.4, -0.2) is 15.0 Å². The van der Waals surface area contributed by atoms with Gasteiger partial charge >= 0.3 is 0 Å². The van der Waals surface area contributed by atoms with E-state index in [1.807, 2.05) is 0 Å². The summed E-state index contributed by atoms with van der Waals surface area (Å²) >= 11 is 5.89. The molecule has 2 N–H and O–H groups in total. The average Bonchev–Trinajstić information content (AvgIpc) is 2.63. The van der Waals surface area contributed by atoms with Crippen LogP contribution in [0.2, 0.25) is 5.02 Å². The van der Waals surface area contributed by atoms with Crippen LogP contribution >= 0.6 is 11.6 Å². The maximum atomic E-state index is 13.5. The predicted molar refractivity (Wildman–Crippen MR) is 97.5 cm³/mol. The Labute approximate surface area is 152 Å². The molecule has 0 unspecified atom stereocenters. The molecule has 0 radical (unpaired) electrons. The molecule has 0 spiro atoms. The van der Waals surface area contributed by atoms with E-state index in [9.17, 15) is 8.78 Å². The van der Waals surface area contributed by atoms with Gasteiger partial charge in [0.1, 0.15) is 22.8 Å². The summed E-state index contributed by atoms with van der Waals surface area (Å²) in [6.45, 7) is 0. The fourth-order valence-corrected chi connectivity index (χ4v) is 2.84. The van der Waals surface area contributed by atoms with Crippen molar-refractivity contribution in [3.8, 4) is 22.5 Å². The first-order valence-electron chi connectivity index (χ1n) is 7.67. The Balaban J connectivity index is 1.95. The number of anilines is 1. The van der Waals surface area contributed by atoms with Crippen LogP contribution in [0.3, 0.4) is 0 Å². The highest BCUT2D eigenvalue weighted by Crippen LogP contribution is 2.30. The number of nitrogen functional groups attached to an aromatic ring is 1. The third-order valence-corrected chi connectivity index (χ3v) is 4.18. The summed E-state index contributed by atoms with van der Waals surface area (Å²) in [6, 6.07) is 13.8. The average molecular weight is 369 g/mol. The van der Waals surface area contributed by atoms with Gasteiger partial charge in [0, 0.05) is 11.1 Å². The molecule has 4 rings (SSSR count). The van der Waals surface area contributed by atoms with E-state index >= 15 is 0 Å². The minimum atomic E-state index is -0.526. The van der Waals surface area contributed by atoms with E-state index in [1.165, 1.54) is 24.3 Å². The molecule has 0 amide bonds. The zero-order valence-corrected chi connectivity index (χ0v) is 14.0. The Hall–Kier alpha value is -3.12. The molecule has 7 heteroatoms. The monoisotopic (exact) mass is 368 g/mol. The summed E-state index contributed by atoms with van der Waals surface area (Å²) < 4.78 is 26.6. The lowest BCUT2D eigenvalue weighted by Gasteiger charge is -2.09. The minimum absolute atomic E-state index is 0.0254. The van der Waals surface area contributed by atoms with Gasteiger partial charge in [0.25, 0.3) is 0 Å². The number of halogens is 3. The van der Waals surface area contributed by atoms with Crippen LogP contribution in [0, 0.1) is 11.6 Å². The number of rotatable bonds is 2. The Bertz CT molecular complexity index is 1130. The van der Waals surface area contributed by atoms with Crippen LogP contribution in [0.5, 0.6) is 0 Å². The van der Waals surface area contributed by atoms with Crippen molar-refractivity contribution < 1.29 is 8.78 Å². The van der Waals surface area contributed by atoms with E-state index in [1.54, 1.807) is 30.3 Å². The van der Waals surface area contributed by atoms with Crippen LogP contribution in [0.4, 0.5) is 14.7 Å². The molecule has 2 aromatic heterocycles. The summed E-state index contributed by atoms with van der Waals surface area (Å²) in [6.07, 6.45) is 0. The molecule has 4 nitrogen and oxygen atoms in total. The first kappa shape index (κ1) is 16.4. The minimum Gasteiger partial charge on any atom is -0.368 e.